The van der Waals surface area contributed by atoms with Gasteiger partial charge in [0.2, 0.25) is 0 Å². The highest BCUT2D eigenvalue weighted by Gasteiger charge is 2.18. The van der Waals surface area contributed by atoms with Gasteiger partial charge in [0.15, 0.2) is 0 Å². The predicted molar refractivity (Wildman–Crippen MR) is 95.5 cm³/mol. The van der Waals surface area contributed by atoms with Gasteiger partial charge >= 0.3 is 5.97 Å². The molecule has 0 spiro atoms. The second-order valence-corrected chi connectivity index (χ2v) is 5.63. The molecule has 3 aromatic carbocycles. The summed E-state index contributed by atoms with van der Waals surface area (Å²) in [7, 11) is 0. The monoisotopic (exact) mass is 317 g/mol. The Labute approximate surface area is 141 Å². The third-order valence-corrected chi connectivity index (χ3v) is 3.95. The second-order valence-electron chi connectivity index (χ2n) is 5.63. The summed E-state index contributed by atoms with van der Waals surface area (Å²) in [5, 5.41) is 12.5. The molecule has 0 saturated heterocycles. The van der Waals surface area contributed by atoms with Crippen molar-refractivity contribution in [2.45, 2.75) is 12.6 Å². The van der Waals surface area contributed by atoms with Gasteiger partial charge in [-0.3, -0.25) is 10.1 Å². The molecule has 0 aromatic heterocycles. The van der Waals surface area contributed by atoms with E-state index in [1.165, 1.54) is 5.56 Å². The lowest BCUT2D eigenvalue weighted by Crippen LogP contribution is -2.28. The fourth-order valence-corrected chi connectivity index (χ4v) is 2.66. The number of hydrogen-bond acceptors (Lipinski definition) is 2. The maximum atomic E-state index is 11.5. The Hall–Kier alpha value is -2.91. The first-order valence-electron chi connectivity index (χ1n) is 7.89. The molecule has 3 aromatic rings. The summed E-state index contributed by atoms with van der Waals surface area (Å²) in [6.07, 6.45) is 0. The highest BCUT2D eigenvalue weighted by atomic mass is 16.4. The first-order valence-corrected chi connectivity index (χ1v) is 7.89. The van der Waals surface area contributed by atoms with Gasteiger partial charge in [0.1, 0.15) is 6.04 Å². The molecule has 1 atom stereocenters. The number of aliphatic carboxylic acids is 1. The largest absolute Gasteiger partial charge is 0.480 e. The van der Waals surface area contributed by atoms with E-state index in [2.05, 4.69) is 29.6 Å². The lowest BCUT2D eigenvalue weighted by atomic mass is 10.0. The standard InChI is InChI=1S/C21H19NO2/c23-21(24)20(19-9-5-2-6-10-19)22-15-16-11-13-18(14-12-16)17-7-3-1-4-8-17/h1-14,20,22H,15H2,(H,23,24). The van der Waals surface area contributed by atoms with Crippen LogP contribution < -0.4 is 5.32 Å². The normalized spacial score (nSPS) is 11.8. The topological polar surface area (TPSA) is 49.3 Å². The van der Waals surface area contributed by atoms with Crippen molar-refractivity contribution >= 4 is 5.97 Å². The van der Waals surface area contributed by atoms with E-state index in [1.807, 2.05) is 60.7 Å². The molecule has 3 rings (SSSR count). The summed E-state index contributed by atoms with van der Waals surface area (Å²) >= 11 is 0. The van der Waals surface area contributed by atoms with Crippen molar-refractivity contribution < 1.29 is 9.90 Å². The van der Waals surface area contributed by atoms with Crippen LogP contribution >= 0.6 is 0 Å². The SMILES string of the molecule is O=C(O)C(NCc1ccc(-c2ccccc2)cc1)c1ccccc1. The van der Waals surface area contributed by atoms with Crippen molar-refractivity contribution in [1.82, 2.24) is 5.32 Å². The summed E-state index contributed by atoms with van der Waals surface area (Å²) in [4.78, 5) is 11.5. The molecular formula is C21H19NO2. The second kappa shape index (κ2) is 7.57. The molecule has 0 amide bonds. The molecule has 0 aliphatic rings. The van der Waals surface area contributed by atoms with Gasteiger partial charge in [-0.1, -0.05) is 84.9 Å². The molecule has 0 fully saturated rings. The Morgan fingerprint density at radius 2 is 1.33 bits per heavy atom. The minimum atomic E-state index is -0.873. The highest BCUT2D eigenvalue weighted by molar-refractivity contribution is 5.75. The van der Waals surface area contributed by atoms with Gasteiger partial charge in [-0.15, -0.1) is 0 Å². The van der Waals surface area contributed by atoms with Crippen molar-refractivity contribution in [3.63, 3.8) is 0 Å². The van der Waals surface area contributed by atoms with Gasteiger partial charge in [0.25, 0.3) is 0 Å². The molecule has 0 bridgehead atoms. The zero-order valence-electron chi connectivity index (χ0n) is 13.2. The van der Waals surface area contributed by atoms with E-state index in [-0.39, 0.29) is 0 Å². The summed E-state index contributed by atoms with van der Waals surface area (Å²) in [5.74, 6) is -0.873. The molecule has 0 aliphatic heterocycles. The van der Waals surface area contributed by atoms with Crippen LogP contribution in [0.5, 0.6) is 0 Å². The number of carboxylic acids is 1. The van der Waals surface area contributed by atoms with Gasteiger partial charge < -0.3 is 5.11 Å². The van der Waals surface area contributed by atoms with Gasteiger partial charge in [0, 0.05) is 6.54 Å². The van der Waals surface area contributed by atoms with Crippen LogP contribution in [0.1, 0.15) is 17.2 Å². The zero-order valence-corrected chi connectivity index (χ0v) is 13.2. The molecule has 1 unspecified atom stereocenters. The first-order chi connectivity index (χ1) is 11.7. The third kappa shape index (κ3) is 3.89. The molecular weight excluding hydrogens is 298 g/mol. The van der Waals surface area contributed by atoms with Crippen molar-refractivity contribution in [2.24, 2.45) is 0 Å². The van der Waals surface area contributed by atoms with Crippen molar-refractivity contribution in [1.29, 1.82) is 0 Å². The molecule has 120 valence electrons. The van der Waals surface area contributed by atoms with E-state index in [4.69, 9.17) is 0 Å². The number of nitrogens with one attached hydrogen (secondary N) is 1. The third-order valence-electron chi connectivity index (χ3n) is 3.95. The van der Waals surface area contributed by atoms with E-state index >= 15 is 0 Å². The Morgan fingerprint density at radius 1 is 0.792 bits per heavy atom. The van der Waals surface area contributed by atoms with Crippen molar-refractivity contribution in [2.75, 3.05) is 0 Å². The summed E-state index contributed by atoms with van der Waals surface area (Å²) in [6, 6.07) is 26.9. The molecule has 0 radical (unpaired) electrons. The number of carboxylic acid groups (broad SMARTS) is 1. The molecule has 2 N–H and O–H groups in total. The van der Waals surface area contributed by atoms with Crippen LogP contribution in [0, 0.1) is 0 Å². The summed E-state index contributed by atoms with van der Waals surface area (Å²) in [5.41, 5.74) is 4.13. The van der Waals surface area contributed by atoms with E-state index in [9.17, 15) is 9.90 Å². The maximum Gasteiger partial charge on any atom is 0.325 e. The van der Waals surface area contributed by atoms with Crippen LogP contribution in [0.25, 0.3) is 11.1 Å². The fraction of sp³-hybridized carbons (Fsp3) is 0.0952. The van der Waals surface area contributed by atoms with Crippen molar-refractivity contribution in [3.05, 3.63) is 96.1 Å². The Kier molecular flexibility index (Phi) is 5.04. The number of benzene rings is 3. The van der Waals surface area contributed by atoms with Gasteiger partial charge in [0.05, 0.1) is 0 Å². The first kappa shape index (κ1) is 16.0. The smallest absolute Gasteiger partial charge is 0.325 e. The van der Waals surface area contributed by atoms with Crippen LogP contribution in [0.4, 0.5) is 0 Å². The molecule has 0 aliphatic carbocycles. The molecule has 3 heteroatoms. The summed E-state index contributed by atoms with van der Waals surface area (Å²) < 4.78 is 0. The van der Waals surface area contributed by atoms with Crippen LogP contribution in [-0.4, -0.2) is 11.1 Å². The van der Waals surface area contributed by atoms with Crippen molar-refractivity contribution in [3.8, 4) is 11.1 Å². The van der Waals surface area contributed by atoms with E-state index in [0.29, 0.717) is 6.54 Å². The number of hydrogen-bond donors (Lipinski definition) is 2. The lowest BCUT2D eigenvalue weighted by Gasteiger charge is -2.15. The lowest BCUT2D eigenvalue weighted by molar-refractivity contribution is -0.139. The van der Waals surface area contributed by atoms with Gasteiger partial charge in [-0.05, 0) is 22.3 Å². The zero-order chi connectivity index (χ0) is 16.8. The quantitative estimate of drug-likeness (QED) is 0.714. The molecule has 0 saturated carbocycles. The molecule has 3 nitrogen and oxygen atoms in total. The average Bonchev–Trinajstić information content (AvgIpc) is 2.64. The summed E-state index contributed by atoms with van der Waals surface area (Å²) in [6.45, 7) is 0.501. The van der Waals surface area contributed by atoms with Crippen LogP contribution in [0.2, 0.25) is 0 Å². The van der Waals surface area contributed by atoms with E-state index in [0.717, 1.165) is 16.7 Å². The van der Waals surface area contributed by atoms with E-state index < -0.39 is 12.0 Å². The Bertz CT molecular complexity index is 783. The van der Waals surface area contributed by atoms with E-state index in [1.54, 1.807) is 0 Å². The molecule has 0 heterocycles. The maximum absolute atomic E-state index is 11.5. The Balaban J connectivity index is 1.69. The fourth-order valence-electron chi connectivity index (χ4n) is 2.66. The number of carbonyl (C=O) groups is 1. The average molecular weight is 317 g/mol. The van der Waals surface area contributed by atoms with Crippen LogP contribution in [0.3, 0.4) is 0 Å². The van der Waals surface area contributed by atoms with Crippen LogP contribution in [0.15, 0.2) is 84.9 Å². The minimum Gasteiger partial charge on any atom is -0.480 e. The predicted octanol–water partition coefficient (Wildman–Crippen LogP) is 4.27. The minimum absolute atomic E-state index is 0.501. The Morgan fingerprint density at radius 3 is 1.92 bits per heavy atom. The molecule has 24 heavy (non-hydrogen) atoms. The number of rotatable bonds is 6. The van der Waals surface area contributed by atoms with Gasteiger partial charge in [-0.2, -0.15) is 0 Å². The van der Waals surface area contributed by atoms with Gasteiger partial charge in [-0.25, -0.2) is 0 Å². The highest BCUT2D eigenvalue weighted by Crippen LogP contribution is 2.20. The van der Waals surface area contributed by atoms with Crippen LogP contribution in [-0.2, 0) is 11.3 Å².